The Labute approximate surface area is 262 Å². The van der Waals surface area contributed by atoms with Gasteiger partial charge in [-0.05, 0) is 62.6 Å². The zero-order valence-corrected chi connectivity index (χ0v) is 25.7. The van der Waals surface area contributed by atoms with E-state index in [4.69, 9.17) is 21.4 Å². The molecule has 1 spiro atoms. The van der Waals surface area contributed by atoms with Gasteiger partial charge in [0, 0.05) is 38.8 Å². The van der Waals surface area contributed by atoms with Gasteiger partial charge in [0.1, 0.15) is 23.8 Å². The fourth-order valence-electron chi connectivity index (χ4n) is 6.66. The highest BCUT2D eigenvalue weighted by molar-refractivity contribution is 6.30. The lowest BCUT2D eigenvalue weighted by atomic mass is 9.86. The topological polar surface area (TPSA) is 143 Å². The summed E-state index contributed by atoms with van der Waals surface area (Å²) in [6.07, 6.45) is 4.84. The van der Waals surface area contributed by atoms with E-state index in [1.165, 1.54) is 6.07 Å². The Morgan fingerprint density at radius 3 is 2.52 bits per heavy atom. The molecule has 0 unspecified atom stereocenters. The van der Waals surface area contributed by atoms with Crippen LogP contribution >= 0.6 is 11.6 Å². The normalized spacial score (nSPS) is 20.9. The lowest BCUT2D eigenvalue weighted by Gasteiger charge is -2.53. The Morgan fingerprint density at radius 2 is 1.84 bits per heavy atom. The molecule has 242 valence electrons. The van der Waals surface area contributed by atoms with Crippen LogP contribution in [0.15, 0.2) is 30.6 Å². The van der Waals surface area contributed by atoms with Gasteiger partial charge in [-0.25, -0.2) is 14.4 Å². The number of aliphatic hydroxyl groups is 4. The number of β-amino-alcohol motifs (C(OH)–C–C–N with tert-alkyl or cyclic N) is 1. The molecule has 1 aromatic heterocycles. The van der Waals surface area contributed by atoms with Crippen molar-refractivity contribution in [3.8, 4) is 5.75 Å². The third-order valence-corrected chi connectivity index (χ3v) is 9.54. The number of rotatable bonds is 13. The quantitative estimate of drug-likeness (QED) is 0.240. The van der Waals surface area contributed by atoms with Crippen LogP contribution in [-0.2, 0) is 11.2 Å². The van der Waals surface area contributed by atoms with Crippen LogP contribution in [0.5, 0.6) is 5.75 Å². The monoisotopic (exact) mass is 635 g/mol. The van der Waals surface area contributed by atoms with E-state index in [0.29, 0.717) is 54.4 Å². The SMILES string of the molecule is O=C(Cc1ccc(OCCCC2CCN(c3ncc(Cl)cn3)CC2)cc1F)N1CC2(CCCN2C[C@H](O)[C@H](O)[C@H](O)CO)C1. The van der Waals surface area contributed by atoms with Crippen molar-refractivity contribution >= 4 is 23.5 Å². The van der Waals surface area contributed by atoms with E-state index in [9.17, 15) is 24.5 Å². The first-order valence-corrected chi connectivity index (χ1v) is 15.9. The molecule has 0 radical (unpaired) electrons. The molecule has 44 heavy (non-hydrogen) atoms. The van der Waals surface area contributed by atoms with Gasteiger partial charge < -0.3 is 35.0 Å². The number of amides is 1. The molecule has 11 nitrogen and oxygen atoms in total. The Hall–Kier alpha value is -2.61. The standard InChI is InChI=1S/C31H43ClFN5O6/c32-23-15-34-30(35-16-23)36-10-6-21(7-11-36)3-1-12-44-24-5-4-22(25(33)14-24)13-28(42)37-19-31(20-37)8-2-9-38(31)17-26(40)29(43)27(41)18-39/h4-5,14-16,21,26-27,29,39-41,43H,1-3,6-13,17-20H2/t26-,27+,29-/m0/s1. The molecule has 0 saturated carbocycles. The van der Waals surface area contributed by atoms with Crippen molar-refractivity contribution in [2.45, 2.75) is 68.8 Å². The molecule has 3 fully saturated rings. The molecule has 3 aliphatic rings. The molecular weight excluding hydrogens is 593 g/mol. The van der Waals surface area contributed by atoms with Crippen LogP contribution in [0, 0.1) is 11.7 Å². The first-order valence-electron chi connectivity index (χ1n) is 15.5. The molecule has 13 heteroatoms. The molecule has 5 rings (SSSR count). The van der Waals surface area contributed by atoms with Crippen molar-refractivity contribution in [3.63, 3.8) is 0 Å². The van der Waals surface area contributed by atoms with Crippen LogP contribution in [0.4, 0.5) is 10.3 Å². The molecule has 3 aliphatic heterocycles. The molecule has 3 saturated heterocycles. The summed E-state index contributed by atoms with van der Waals surface area (Å²) in [7, 11) is 0. The van der Waals surface area contributed by atoms with Crippen LogP contribution in [0.2, 0.25) is 5.02 Å². The van der Waals surface area contributed by atoms with Gasteiger partial charge in [-0.15, -0.1) is 0 Å². The van der Waals surface area contributed by atoms with Gasteiger partial charge in [-0.1, -0.05) is 17.7 Å². The summed E-state index contributed by atoms with van der Waals surface area (Å²) >= 11 is 5.88. The maximum Gasteiger partial charge on any atom is 0.227 e. The third kappa shape index (κ3) is 7.78. The minimum atomic E-state index is -1.45. The van der Waals surface area contributed by atoms with Crippen LogP contribution in [0.1, 0.15) is 44.1 Å². The summed E-state index contributed by atoms with van der Waals surface area (Å²) in [6.45, 7) is 3.43. The van der Waals surface area contributed by atoms with Crippen molar-refractivity contribution < 1.29 is 34.3 Å². The number of aliphatic hydroxyl groups excluding tert-OH is 4. The number of benzene rings is 1. The highest BCUT2D eigenvalue weighted by Crippen LogP contribution is 2.38. The smallest absolute Gasteiger partial charge is 0.227 e. The largest absolute Gasteiger partial charge is 0.493 e. The van der Waals surface area contributed by atoms with Crippen molar-refractivity contribution in [2.24, 2.45) is 5.92 Å². The van der Waals surface area contributed by atoms with E-state index in [0.717, 1.165) is 51.6 Å². The fraction of sp³-hybridized carbons (Fsp3) is 0.645. The number of nitrogens with zero attached hydrogens (tertiary/aromatic N) is 5. The summed E-state index contributed by atoms with van der Waals surface area (Å²) in [4.78, 5) is 27.5. The van der Waals surface area contributed by atoms with Crippen LogP contribution in [0.3, 0.4) is 0 Å². The van der Waals surface area contributed by atoms with E-state index in [1.54, 1.807) is 29.4 Å². The van der Waals surface area contributed by atoms with Gasteiger partial charge in [-0.2, -0.15) is 0 Å². The zero-order valence-electron chi connectivity index (χ0n) is 24.9. The lowest BCUT2D eigenvalue weighted by Crippen LogP contribution is -2.70. The van der Waals surface area contributed by atoms with Crippen molar-refractivity contribution in [1.82, 2.24) is 19.8 Å². The number of aromatic nitrogens is 2. The summed E-state index contributed by atoms with van der Waals surface area (Å²) < 4.78 is 20.7. The lowest BCUT2D eigenvalue weighted by molar-refractivity contribution is -0.146. The van der Waals surface area contributed by atoms with E-state index in [2.05, 4.69) is 14.9 Å². The van der Waals surface area contributed by atoms with Crippen LogP contribution in [0.25, 0.3) is 0 Å². The number of likely N-dealkylation sites (tertiary alicyclic amines) is 2. The molecule has 0 aliphatic carbocycles. The first-order chi connectivity index (χ1) is 21.2. The van der Waals surface area contributed by atoms with Gasteiger partial charge in [0.25, 0.3) is 0 Å². The van der Waals surface area contributed by atoms with E-state index in [-0.39, 0.29) is 24.4 Å². The van der Waals surface area contributed by atoms with Crippen molar-refractivity contribution in [3.05, 3.63) is 47.0 Å². The van der Waals surface area contributed by atoms with Gasteiger partial charge >= 0.3 is 0 Å². The number of hydrogen-bond acceptors (Lipinski definition) is 10. The molecule has 0 bridgehead atoms. The number of anilines is 1. The second-order valence-electron chi connectivity index (χ2n) is 12.4. The maximum absolute atomic E-state index is 14.9. The van der Waals surface area contributed by atoms with Gasteiger partial charge in [0.15, 0.2) is 0 Å². The predicted molar refractivity (Wildman–Crippen MR) is 162 cm³/mol. The minimum absolute atomic E-state index is 0.0496. The summed E-state index contributed by atoms with van der Waals surface area (Å²) in [6, 6.07) is 4.66. The summed E-state index contributed by atoms with van der Waals surface area (Å²) in [5.41, 5.74) is 0.0263. The van der Waals surface area contributed by atoms with Gasteiger partial charge in [0.2, 0.25) is 11.9 Å². The van der Waals surface area contributed by atoms with Crippen molar-refractivity contribution in [1.29, 1.82) is 0 Å². The Bertz CT molecular complexity index is 1240. The fourth-order valence-corrected chi connectivity index (χ4v) is 6.76. The number of halogens is 2. The molecule has 3 atom stereocenters. The van der Waals surface area contributed by atoms with Gasteiger partial charge in [-0.3, -0.25) is 9.69 Å². The van der Waals surface area contributed by atoms with Gasteiger partial charge in [0.05, 0.1) is 48.7 Å². The Morgan fingerprint density at radius 1 is 1.11 bits per heavy atom. The molecule has 1 aromatic carbocycles. The van der Waals surface area contributed by atoms with Crippen molar-refractivity contribution in [2.75, 3.05) is 57.4 Å². The number of ether oxygens (including phenoxy) is 1. The van der Waals surface area contributed by atoms with E-state index in [1.807, 2.05) is 4.90 Å². The second kappa shape index (κ2) is 14.7. The zero-order chi connectivity index (χ0) is 31.3. The average molecular weight is 636 g/mol. The average Bonchev–Trinajstić information content (AvgIpc) is 3.43. The second-order valence-corrected chi connectivity index (χ2v) is 12.8. The van der Waals surface area contributed by atoms with E-state index >= 15 is 0 Å². The molecule has 1 amide bonds. The third-order valence-electron chi connectivity index (χ3n) is 9.34. The summed E-state index contributed by atoms with van der Waals surface area (Å²) in [5.74, 6) is 1.12. The molecular formula is C31H43ClFN5O6. The summed E-state index contributed by atoms with van der Waals surface area (Å²) in [5, 5.41) is 39.5. The number of hydrogen-bond donors (Lipinski definition) is 4. The Kier molecular flexibility index (Phi) is 10.9. The van der Waals surface area contributed by atoms with Crippen LogP contribution < -0.4 is 9.64 Å². The molecule has 4 heterocycles. The van der Waals surface area contributed by atoms with Crippen LogP contribution in [-0.4, -0.2) is 122 Å². The first kappa shape index (κ1) is 32.8. The number of carbonyl (C=O) groups is 1. The highest BCUT2D eigenvalue weighted by atomic mass is 35.5. The predicted octanol–water partition coefficient (Wildman–Crippen LogP) is 1.64. The maximum atomic E-state index is 14.9. The van der Waals surface area contributed by atoms with E-state index < -0.39 is 30.7 Å². The molecule has 4 N–H and O–H groups in total. The number of piperidine rings is 1. The molecule has 2 aromatic rings. The Balaban J connectivity index is 1.01. The highest BCUT2D eigenvalue weighted by Gasteiger charge is 2.52. The number of carbonyl (C=O) groups excluding carboxylic acids is 1. The minimum Gasteiger partial charge on any atom is -0.493 e.